The maximum atomic E-state index is 12.8. The summed E-state index contributed by atoms with van der Waals surface area (Å²) in [4.78, 5) is 14.3. The minimum atomic E-state index is -0.535. The number of nitrogens with zero attached hydrogens (tertiary/aromatic N) is 1. The summed E-state index contributed by atoms with van der Waals surface area (Å²) >= 11 is 2.95. The number of amides is 1. The number of anilines is 1. The lowest BCUT2D eigenvalue weighted by atomic mass is 10.4. The van der Waals surface area contributed by atoms with E-state index in [1.54, 1.807) is 0 Å². The number of nitrogens with one attached hydrogen (secondary N) is 1. The van der Waals surface area contributed by atoms with Crippen LogP contribution in [0.2, 0.25) is 0 Å². The third-order valence-electron chi connectivity index (χ3n) is 1.17. The molecule has 3 nitrogen and oxygen atoms in total. The zero-order valence-electron chi connectivity index (χ0n) is 6.05. The molecule has 0 aliphatic heterocycles. The van der Waals surface area contributed by atoms with Gasteiger partial charge in [-0.3, -0.25) is 9.78 Å². The number of halogens is 2. The van der Waals surface area contributed by atoms with Crippen LogP contribution in [0.4, 0.5) is 10.1 Å². The van der Waals surface area contributed by atoms with Gasteiger partial charge in [-0.25, -0.2) is 4.39 Å². The van der Waals surface area contributed by atoms with Gasteiger partial charge in [0.25, 0.3) is 0 Å². The van der Waals surface area contributed by atoms with Crippen LogP contribution in [0.15, 0.2) is 18.5 Å². The molecule has 0 saturated carbocycles. The lowest BCUT2D eigenvalue weighted by Crippen LogP contribution is -2.13. The van der Waals surface area contributed by atoms with Crippen LogP contribution in [-0.4, -0.2) is 16.2 Å². The minimum absolute atomic E-state index is 0.148. The van der Waals surface area contributed by atoms with Crippen molar-refractivity contribution in [3.63, 3.8) is 0 Å². The highest BCUT2D eigenvalue weighted by Gasteiger charge is 2.03. The molecule has 1 amide bonds. The molecule has 5 heteroatoms. The van der Waals surface area contributed by atoms with Gasteiger partial charge in [-0.2, -0.15) is 0 Å². The Morgan fingerprint density at radius 3 is 3.08 bits per heavy atom. The fraction of sp³-hybridized carbons (Fsp3) is 0.143. The Kier molecular flexibility index (Phi) is 3.16. The van der Waals surface area contributed by atoms with Crippen molar-refractivity contribution >= 4 is 27.5 Å². The lowest BCUT2D eigenvalue weighted by Gasteiger charge is -2.02. The molecule has 0 radical (unpaired) electrons. The second-order valence-corrected chi connectivity index (χ2v) is 2.60. The molecule has 1 rings (SSSR count). The maximum absolute atomic E-state index is 12.8. The highest BCUT2D eigenvalue weighted by Crippen LogP contribution is 2.10. The fourth-order valence-electron chi connectivity index (χ4n) is 0.660. The van der Waals surface area contributed by atoms with E-state index in [0.29, 0.717) is 0 Å². The zero-order valence-corrected chi connectivity index (χ0v) is 7.64. The quantitative estimate of drug-likeness (QED) is 0.787. The van der Waals surface area contributed by atoms with Crippen molar-refractivity contribution in [2.75, 3.05) is 10.6 Å². The first-order valence-corrected chi connectivity index (χ1v) is 4.31. The molecule has 0 atom stereocenters. The summed E-state index contributed by atoms with van der Waals surface area (Å²) in [6.45, 7) is 0. The second-order valence-electron chi connectivity index (χ2n) is 2.04. The van der Waals surface area contributed by atoms with E-state index in [1.807, 2.05) is 0 Å². The lowest BCUT2D eigenvalue weighted by molar-refractivity contribution is -0.113. The molecule has 12 heavy (non-hydrogen) atoms. The minimum Gasteiger partial charge on any atom is -0.323 e. The number of alkyl halides is 1. The number of pyridine rings is 1. The highest BCUT2D eigenvalue weighted by molar-refractivity contribution is 9.09. The maximum Gasteiger partial charge on any atom is 0.235 e. The predicted octanol–water partition coefficient (Wildman–Crippen LogP) is 1.55. The van der Waals surface area contributed by atoms with Crippen molar-refractivity contribution in [3.05, 3.63) is 24.3 Å². The summed E-state index contributed by atoms with van der Waals surface area (Å²) in [6.07, 6.45) is 2.46. The molecule has 0 aliphatic carbocycles. The van der Waals surface area contributed by atoms with Gasteiger partial charge in [0.15, 0.2) is 5.82 Å². The Bertz CT molecular complexity index is 292. The molecule has 0 fully saturated rings. The molecular formula is C7H6BrFN2O. The number of aromatic nitrogens is 1. The summed E-state index contributed by atoms with van der Waals surface area (Å²) in [5.41, 5.74) is 0.148. The summed E-state index contributed by atoms with van der Waals surface area (Å²) < 4.78 is 12.8. The van der Waals surface area contributed by atoms with Gasteiger partial charge in [0.05, 0.1) is 17.2 Å². The van der Waals surface area contributed by atoms with Crippen molar-refractivity contribution in [1.29, 1.82) is 0 Å². The average Bonchev–Trinajstić information content (AvgIpc) is 2.09. The molecule has 0 unspecified atom stereocenters. The molecule has 0 bridgehead atoms. The van der Waals surface area contributed by atoms with Crippen LogP contribution in [0.5, 0.6) is 0 Å². The Labute approximate surface area is 77.1 Å². The van der Waals surface area contributed by atoms with Gasteiger partial charge in [0, 0.05) is 6.20 Å². The Hall–Kier alpha value is -0.970. The average molecular weight is 233 g/mol. The molecular weight excluding hydrogens is 227 g/mol. The predicted molar refractivity (Wildman–Crippen MR) is 46.6 cm³/mol. The van der Waals surface area contributed by atoms with E-state index in [9.17, 15) is 9.18 Å². The molecule has 0 aliphatic rings. The van der Waals surface area contributed by atoms with E-state index >= 15 is 0 Å². The normalized spacial score (nSPS) is 9.50. The Balaban J connectivity index is 2.75. The molecule has 1 aromatic rings. The van der Waals surface area contributed by atoms with E-state index in [0.717, 1.165) is 6.20 Å². The first-order valence-electron chi connectivity index (χ1n) is 3.19. The first-order chi connectivity index (χ1) is 5.74. The zero-order chi connectivity index (χ0) is 8.97. The molecule has 64 valence electrons. The fourth-order valence-corrected chi connectivity index (χ4v) is 0.800. The van der Waals surface area contributed by atoms with E-state index < -0.39 is 5.82 Å². The topological polar surface area (TPSA) is 42.0 Å². The van der Waals surface area contributed by atoms with Crippen molar-refractivity contribution in [2.24, 2.45) is 0 Å². The molecule has 0 saturated heterocycles. The van der Waals surface area contributed by atoms with E-state index in [4.69, 9.17) is 0 Å². The van der Waals surface area contributed by atoms with Gasteiger partial charge in [0.1, 0.15) is 0 Å². The standard InChI is InChI=1S/C7H6BrFN2O/c8-3-7(12)11-6-1-2-10-4-5(6)9/h1-2,4H,3H2,(H,10,11,12). The van der Waals surface area contributed by atoms with Crippen LogP contribution in [0.3, 0.4) is 0 Å². The number of hydrogen-bond acceptors (Lipinski definition) is 2. The van der Waals surface area contributed by atoms with Crippen LogP contribution in [0.1, 0.15) is 0 Å². The number of hydrogen-bond donors (Lipinski definition) is 1. The molecule has 0 aromatic carbocycles. The van der Waals surface area contributed by atoms with Gasteiger partial charge >= 0.3 is 0 Å². The van der Waals surface area contributed by atoms with Gasteiger partial charge in [0.2, 0.25) is 5.91 Å². The van der Waals surface area contributed by atoms with Crippen molar-refractivity contribution < 1.29 is 9.18 Å². The number of rotatable bonds is 2. The van der Waals surface area contributed by atoms with Crippen molar-refractivity contribution in [3.8, 4) is 0 Å². The third-order valence-corrected chi connectivity index (χ3v) is 1.68. The van der Waals surface area contributed by atoms with Gasteiger partial charge in [-0.1, -0.05) is 15.9 Å². The monoisotopic (exact) mass is 232 g/mol. The van der Waals surface area contributed by atoms with Gasteiger partial charge in [-0.05, 0) is 6.07 Å². The summed E-state index contributed by atoms with van der Waals surface area (Å²) in [5.74, 6) is -0.827. The highest BCUT2D eigenvalue weighted by atomic mass is 79.9. The van der Waals surface area contributed by atoms with Crippen LogP contribution in [0.25, 0.3) is 0 Å². The van der Waals surface area contributed by atoms with Crippen LogP contribution < -0.4 is 5.32 Å². The summed E-state index contributed by atoms with van der Waals surface area (Å²) in [5, 5.41) is 2.51. The van der Waals surface area contributed by atoms with Crippen molar-refractivity contribution in [1.82, 2.24) is 4.98 Å². The molecule has 1 aromatic heterocycles. The Morgan fingerprint density at radius 1 is 1.75 bits per heavy atom. The van der Waals surface area contributed by atoms with Crippen LogP contribution in [0, 0.1) is 5.82 Å². The van der Waals surface area contributed by atoms with E-state index in [1.165, 1.54) is 12.3 Å². The summed E-state index contributed by atoms with van der Waals surface area (Å²) in [6, 6.07) is 1.40. The van der Waals surface area contributed by atoms with Crippen LogP contribution >= 0.6 is 15.9 Å². The molecule has 0 spiro atoms. The smallest absolute Gasteiger partial charge is 0.235 e. The first kappa shape index (κ1) is 9.12. The number of carbonyl (C=O) groups excluding carboxylic acids is 1. The SMILES string of the molecule is O=C(CBr)Nc1ccncc1F. The summed E-state index contributed by atoms with van der Waals surface area (Å²) in [7, 11) is 0. The Morgan fingerprint density at radius 2 is 2.50 bits per heavy atom. The molecule has 1 N–H and O–H groups in total. The second kappa shape index (κ2) is 4.15. The van der Waals surface area contributed by atoms with E-state index in [2.05, 4.69) is 26.2 Å². The van der Waals surface area contributed by atoms with Crippen molar-refractivity contribution in [2.45, 2.75) is 0 Å². The van der Waals surface area contributed by atoms with E-state index in [-0.39, 0.29) is 16.9 Å². The third kappa shape index (κ3) is 2.27. The largest absolute Gasteiger partial charge is 0.323 e. The number of carbonyl (C=O) groups is 1. The van der Waals surface area contributed by atoms with Gasteiger partial charge in [-0.15, -0.1) is 0 Å². The van der Waals surface area contributed by atoms with Gasteiger partial charge < -0.3 is 5.32 Å². The molecule has 1 heterocycles. The van der Waals surface area contributed by atoms with Crippen LogP contribution in [-0.2, 0) is 4.79 Å².